The SMILES string of the molecule is COc1ccc(OC)c([C@H](O)CNC(=O)Nc2cccc3ccccc23)c1. The molecule has 0 aliphatic heterocycles. The highest BCUT2D eigenvalue weighted by Crippen LogP contribution is 2.29. The maximum atomic E-state index is 12.3. The molecule has 3 aromatic rings. The smallest absolute Gasteiger partial charge is 0.319 e. The highest BCUT2D eigenvalue weighted by Gasteiger charge is 2.16. The van der Waals surface area contributed by atoms with Gasteiger partial charge in [-0.15, -0.1) is 0 Å². The van der Waals surface area contributed by atoms with E-state index in [2.05, 4.69) is 10.6 Å². The molecule has 140 valence electrons. The van der Waals surface area contributed by atoms with Gasteiger partial charge >= 0.3 is 6.03 Å². The minimum absolute atomic E-state index is 0.0279. The Balaban J connectivity index is 1.67. The van der Waals surface area contributed by atoms with Gasteiger partial charge in [0.15, 0.2) is 0 Å². The third kappa shape index (κ3) is 4.30. The predicted octanol–water partition coefficient (Wildman–Crippen LogP) is 3.71. The van der Waals surface area contributed by atoms with E-state index >= 15 is 0 Å². The summed E-state index contributed by atoms with van der Waals surface area (Å²) in [7, 11) is 3.08. The minimum atomic E-state index is -0.937. The molecule has 0 bridgehead atoms. The van der Waals surface area contributed by atoms with Gasteiger partial charge in [0.2, 0.25) is 0 Å². The van der Waals surface area contributed by atoms with Crippen LogP contribution in [0.3, 0.4) is 0 Å². The van der Waals surface area contributed by atoms with Crippen LogP contribution in [0.1, 0.15) is 11.7 Å². The summed E-state index contributed by atoms with van der Waals surface area (Å²) in [6, 6.07) is 18.3. The molecule has 0 saturated carbocycles. The van der Waals surface area contributed by atoms with Gasteiger partial charge in [0, 0.05) is 17.5 Å². The van der Waals surface area contributed by atoms with Crippen LogP contribution < -0.4 is 20.1 Å². The first-order chi connectivity index (χ1) is 13.1. The van der Waals surface area contributed by atoms with Crippen molar-refractivity contribution in [1.82, 2.24) is 5.32 Å². The van der Waals surface area contributed by atoms with Gasteiger partial charge in [-0.1, -0.05) is 36.4 Å². The molecule has 0 aliphatic carbocycles. The summed E-state index contributed by atoms with van der Waals surface area (Å²) in [4.78, 5) is 12.3. The standard InChI is InChI=1S/C21H22N2O4/c1-26-15-10-11-20(27-2)17(12-15)19(24)13-22-21(25)23-18-9-5-7-14-6-3-4-8-16(14)18/h3-12,19,24H,13H2,1-2H3,(H2,22,23,25)/t19-/m1/s1. The van der Waals surface area contributed by atoms with E-state index in [1.807, 2.05) is 42.5 Å². The number of aliphatic hydroxyl groups is 1. The van der Waals surface area contributed by atoms with Gasteiger partial charge in [-0.2, -0.15) is 0 Å². The van der Waals surface area contributed by atoms with E-state index in [9.17, 15) is 9.90 Å². The fourth-order valence-corrected chi connectivity index (χ4v) is 2.90. The van der Waals surface area contributed by atoms with Gasteiger partial charge in [-0.25, -0.2) is 4.79 Å². The molecule has 6 nitrogen and oxygen atoms in total. The highest BCUT2D eigenvalue weighted by atomic mass is 16.5. The van der Waals surface area contributed by atoms with Gasteiger partial charge in [-0.05, 0) is 29.7 Å². The minimum Gasteiger partial charge on any atom is -0.497 e. The first-order valence-corrected chi connectivity index (χ1v) is 8.55. The van der Waals surface area contributed by atoms with Crippen molar-refractivity contribution < 1.29 is 19.4 Å². The summed E-state index contributed by atoms with van der Waals surface area (Å²) in [5.41, 5.74) is 1.25. The number of aliphatic hydroxyl groups excluding tert-OH is 1. The van der Waals surface area contributed by atoms with Gasteiger partial charge in [0.1, 0.15) is 17.6 Å². The second-order valence-corrected chi connectivity index (χ2v) is 5.99. The van der Waals surface area contributed by atoms with Crippen molar-refractivity contribution in [2.75, 3.05) is 26.1 Å². The molecule has 0 spiro atoms. The Labute approximate surface area is 157 Å². The number of urea groups is 1. The number of carbonyl (C=O) groups excluding carboxylic acids is 1. The van der Waals surface area contributed by atoms with E-state index in [0.717, 1.165) is 10.8 Å². The van der Waals surface area contributed by atoms with Gasteiger partial charge in [-0.3, -0.25) is 0 Å². The van der Waals surface area contributed by atoms with E-state index < -0.39 is 12.1 Å². The first kappa shape index (κ1) is 18.5. The number of amides is 2. The van der Waals surface area contributed by atoms with Crippen molar-refractivity contribution in [2.45, 2.75) is 6.10 Å². The Bertz CT molecular complexity index is 937. The molecule has 0 fully saturated rings. The van der Waals surface area contributed by atoms with Crippen molar-refractivity contribution in [2.24, 2.45) is 0 Å². The van der Waals surface area contributed by atoms with Crippen LogP contribution in [0.15, 0.2) is 60.7 Å². The molecule has 6 heteroatoms. The molecule has 2 amide bonds. The molecule has 3 aromatic carbocycles. The highest BCUT2D eigenvalue weighted by molar-refractivity contribution is 6.01. The molecule has 3 N–H and O–H groups in total. The molecule has 0 heterocycles. The van der Waals surface area contributed by atoms with Crippen molar-refractivity contribution in [3.8, 4) is 11.5 Å². The Hall–Kier alpha value is -3.25. The number of benzene rings is 3. The Morgan fingerprint density at radius 2 is 1.81 bits per heavy atom. The van der Waals surface area contributed by atoms with Crippen LogP contribution >= 0.6 is 0 Å². The first-order valence-electron chi connectivity index (χ1n) is 8.55. The van der Waals surface area contributed by atoms with E-state index in [1.54, 1.807) is 25.3 Å². The van der Waals surface area contributed by atoms with Gasteiger partial charge in [0.05, 0.1) is 19.9 Å². The lowest BCUT2D eigenvalue weighted by molar-refractivity contribution is 0.170. The number of hydrogen-bond acceptors (Lipinski definition) is 4. The van der Waals surface area contributed by atoms with Crippen LogP contribution in [-0.4, -0.2) is 31.9 Å². The zero-order valence-electron chi connectivity index (χ0n) is 15.2. The van der Waals surface area contributed by atoms with Crippen molar-refractivity contribution in [1.29, 1.82) is 0 Å². The zero-order valence-corrected chi connectivity index (χ0v) is 15.2. The fraction of sp³-hybridized carbons (Fsp3) is 0.190. The second-order valence-electron chi connectivity index (χ2n) is 5.99. The number of carbonyl (C=O) groups is 1. The van der Waals surface area contributed by atoms with Crippen LogP contribution in [-0.2, 0) is 0 Å². The number of hydrogen-bond donors (Lipinski definition) is 3. The molecule has 0 unspecified atom stereocenters. The van der Waals surface area contributed by atoms with Crippen LogP contribution in [0.2, 0.25) is 0 Å². The second kappa shape index (κ2) is 8.42. The number of anilines is 1. The summed E-state index contributed by atoms with van der Waals surface area (Å²) >= 11 is 0. The molecule has 27 heavy (non-hydrogen) atoms. The van der Waals surface area contributed by atoms with Crippen molar-refractivity contribution in [3.05, 3.63) is 66.2 Å². The Morgan fingerprint density at radius 1 is 1.04 bits per heavy atom. The molecule has 3 rings (SSSR count). The molecule has 1 atom stereocenters. The molecule has 0 saturated heterocycles. The monoisotopic (exact) mass is 366 g/mol. The van der Waals surface area contributed by atoms with Gasteiger partial charge < -0.3 is 25.2 Å². The number of rotatable bonds is 6. The molecular formula is C21H22N2O4. The summed E-state index contributed by atoms with van der Waals surface area (Å²) in [5.74, 6) is 1.13. The van der Waals surface area contributed by atoms with E-state index in [0.29, 0.717) is 22.7 Å². The van der Waals surface area contributed by atoms with Crippen LogP contribution in [0.5, 0.6) is 11.5 Å². The molecule has 0 aliphatic rings. The lowest BCUT2D eigenvalue weighted by atomic mass is 10.1. The number of methoxy groups -OCH3 is 2. The maximum Gasteiger partial charge on any atom is 0.319 e. The Kier molecular flexibility index (Phi) is 5.78. The fourth-order valence-electron chi connectivity index (χ4n) is 2.90. The van der Waals surface area contributed by atoms with E-state index in [4.69, 9.17) is 9.47 Å². The lowest BCUT2D eigenvalue weighted by Crippen LogP contribution is -2.32. The number of ether oxygens (including phenoxy) is 2. The topological polar surface area (TPSA) is 79.8 Å². The summed E-state index contributed by atoms with van der Waals surface area (Å²) in [6.07, 6.45) is -0.937. The number of fused-ring (bicyclic) bond motifs is 1. The summed E-state index contributed by atoms with van der Waals surface area (Å²) in [5, 5.41) is 18.0. The number of nitrogens with one attached hydrogen (secondary N) is 2. The van der Waals surface area contributed by atoms with Crippen LogP contribution in [0, 0.1) is 0 Å². The van der Waals surface area contributed by atoms with E-state index in [-0.39, 0.29) is 6.54 Å². The quantitative estimate of drug-likeness (QED) is 0.621. The molecule has 0 radical (unpaired) electrons. The average molecular weight is 366 g/mol. The average Bonchev–Trinajstić information content (AvgIpc) is 2.71. The zero-order chi connectivity index (χ0) is 19.2. The van der Waals surface area contributed by atoms with Gasteiger partial charge in [0.25, 0.3) is 0 Å². The molecule has 0 aromatic heterocycles. The third-order valence-electron chi connectivity index (χ3n) is 4.29. The summed E-state index contributed by atoms with van der Waals surface area (Å²) in [6.45, 7) is 0.0279. The third-order valence-corrected chi connectivity index (χ3v) is 4.29. The normalized spacial score (nSPS) is 11.7. The van der Waals surface area contributed by atoms with Crippen LogP contribution in [0.25, 0.3) is 10.8 Å². The predicted molar refractivity (Wildman–Crippen MR) is 105 cm³/mol. The Morgan fingerprint density at radius 3 is 2.59 bits per heavy atom. The molecular weight excluding hydrogens is 344 g/mol. The van der Waals surface area contributed by atoms with E-state index in [1.165, 1.54) is 7.11 Å². The largest absolute Gasteiger partial charge is 0.497 e. The van der Waals surface area contributed by atoms with Crippen molar-refractivity contribution >= 4 is 22.5 Å². The van der Waals surface area contributed by atoms with Crippen molar-refractivity contribution in [3.63, 3.8) is 0 Å². The summed E-state index contributed by atoms with van der Waals surface area (Å²) < 4.78 is 10.5. The lowest BCUT2D eigenvalue weighted by Gasteiger charge is -2.17. The van der Waals surface area contributed by atoms with Crippen LogP contribution in [0.4, 0.5) is 10.5 Å². The maximum absolute atomic E-state index is 12.3.